The molecule has 0 aliphatic carbocycles. The predicted octanol–water partition coefficient (Wildman–Crippen LogP) is 8.94. The number of hydrogen-bond donors (Lipinski definition) is 3. The van der Waals surface area contributed by atoms with Crippen molar-refractivity contribution in [2.24, 2.45) is 0 Å². The van der Waals surface area contributed by atoms with Gasteiger partial charge in [-0.15, -0.1) is 0 Å². The van der Waals surface area contributed by atoms with Gasteiger partial charge in [0.25, 0.3) is 11.4 Å². The predicted molar refractivity (Wildman–Crippen MR) is 167 cm³/mol. The molecule has 1 heterocycles. The number of anilines is 6. The molecule has 3 N–H and O–H groups in total. The summed E-state index contributed by atoms with van der Waals surface area (Å²) in [5.41, 5.74) is 8.30. The van der Waals surface area contributed by atoms with Gasteiger partial charge in [-0.1, -0.05) is 18.2 Å². The first-order chi connectivity index (χ1) is 20.4. The third-order valence-electron chi connectivity index (χ3n) is 7.51. The second-order valence-corrected chi connectivity index (χ2v) is 10.3. The molecule has 6 aromatic carbocycles. The van der Waals surface area contributed by atoms with Crippen LogP contribution in [0.25, 0.3) is 21.5 Å². The van der Waals surface area contributed by atoms with Crippen LogP contribution in [0.5, 0.6) is 0 Å². The Morgan fingerprint density at radius 3 is 1.57 bits per heavy atom. The van der Waals surface area contributed by atoms with Crippen molar-refractivity contribution in [3.05, 3.63) is 141 Å². The number of non-ortho nitro benzene ring substituents is 2. The van der Waals surface area contributed by atoms with Gasteiger partial charge in [-0.2, -0.15) is 0 Å². The SMILES string of the molecule is O=[N+]([O-])c1ccc2cc(Nc3ccc4c(c3)Cc3ccc(Nc5ccc6cc([N+](=O)[O-])ccc6c5)cc3N4)ccc2c1. The van der Waals surface area contributed by atoms with E-state index in [1.54, 1.807) is 24.3 Å². The second-order valence-electron chi connectivity index (χ2n) is 10.3. The molecule has 6 aromatic rings. The highest BCUT2D eigenvalue weighted by atomic mass is 16.6. The lowest BCUT2D eigenvalue weighted by Gasteiger charge is -2.23. The Morgan fingerprint density at radius 1 is 0.500 bits per heavy atom. The fraction of sp³-hybridized carbons (Fsp3) is 0.0303. The first-order valence-corrected chi connectivity index (χ1v) is 13.3. The average molecular weight is 554 g/mol. The Hall–Kier alpha value is -5.96. The van der Waals surface area contributed by atoms with Gasteiger partial charge in [-0.25, -0.2) is 0 Å². The lowest BCUT2D eigenvalue weighted by molar-refractivity contribution is -0.384. The molecule has 0 unspecified atom stereocenters. The fourth-order valence-electron chi connectivity index (χ4n) is 5.40. The molecule has 0 amide bonds. The third-order valence-corrected chi connectivity index (χ3v) is 7.51. The third kappa shape index (κ3) is 4.79. The maximum absolute atomic E-state index is 11.1. The molecule has 1 aliphatic heterocycles. The van der Waals surface area contributed by atoms with Crippen LogP contribution in [0.4, 0.5) is 45.5 Å². The molecule has 9 heteroatoms. The van der Waals surface area contributed by atoms with Crippen molar-refractivity contribution in [3.63, 3.8) is 0 Å². The van der Waals surface area contributed by atoms with Gasteiger partial charge in [-0.05, 0) is 99.4 Å². The van der Waals surface area contributed by atoms with Gasteiger partial charge < -0.3 is 16.0 Å². The van der Waals surface area contributed by atoms with E-state index in [9.17, 15) is 20.2 Å². The quantitative estimate of drug-likeness (QED) is 0.139. The van der Waals surface area contributed by atoms with E-state index in [2.05, 4.69) is 40.2 Å². The molecule has 0 aromatic heterocycles. The van der Waals surface area contributed by atoms with Crippen LogP contribution in [0.2, 0.25) is 0 Å². The maximum atomic E-state index is 11.1. The number of nitro benzene ring substituents is 2. The van der Waals surface area contributed by atoms with Crippen molar-refractivity contribution in [1.82, 2.24) is 0 Å². The van der Waals surface area contributed by atoms with E-state index < -0.39 is 0 Å². The Bertz CT molecular complexity index is 1930. The monoisotopic (exact) mass is 553 g/mol. The van der Waals surface area contributed by atoms with Crippen molar-refractivity contribution in [2.75, 3.05) is 16.0 Å². The Kier molecular flexibility index (Phi) is 5.90. The molecule has 204 valence electrons. The minimum absolute atomic E-state index is 0.0795. The minimum atomic E-state index is -0.384. The van der Waals surface area contributed by atoms with Crippen LogP contribution in [0.1, 0.15) is 11.1 Å². The summed E-state index contributed by atoms with van der Waals surface area (Å²) >= 11 is 0. The lowest BCUT2D eigenvalue weighted by Crippen LogP contribution is -2.07. The molecule has 0 bridgehead atoms. The van der Waals surface area contributed by atoms with Gasteiger partial charge in [0, 0.05) is 64.8 Å². The van der Waals surface area contributed by atoms with E-state index in [4.69, 9.17) is 0 Å². The number of fused-ring (bicyclic) bond motifs is 4. The maximum Gasteiger partial charge on any atom is 0.270 e. The summed E-state index contributed by atoms with van der Waals surface area (Å²) in [6.45, 7) is 0. The van der Waals surface area contributed by atoms with Crippen LogP contribution in [-0.4, -0.2) is 9.85 Å². The molecule has 9 nitrogen and oxygen atoms in total. The van der Waals surface area contributed by atoms with Crippen molar-refractivity contribution in [1.29, 1.82) is 0 Å². The summed E-state index contributed by atoms with van der Waals surface area (Å²) in [6.07, 6.45) is 0.781. The zero-order valence-corrected chi connectivity index (χ0v) is 22.1. The first-order valence-electron chi connectivity index (χ1n) is 13.3. The summed E-state index contributed by atoms with van der Waals surface area (Å²) < 4.78 is 0. The zero-order valence-electron chi connectivity index (χ0n) is 22.1. The van der Waals surface area contributed by atoms with Crippen molar-refractivity contribution in [3.8, 4) is 0 Å². The topological polar surface area (TPSA) is 122 Å². The number of rotatable bonds is 6. The van der Waals surface area contributed by atoms with Crippen LogP contribution in [0, 0.1) is 20.2 Å². The standard InChI is InChI=1S/C33H23N5O4/c39-37(40)30-10-4-20-14-26(6-1-22(20)17-30)34-28-9-12-32-25(16-28)13-24-3-8-29(19-33(24)36-32)35-27-7-2-23-18-31(38(41)42)11-5-21(23)15-27/h1-12,14-19,34-36H,13H2. The van der Waals surface area contributed by atoms with Crippen LogP contribution in [0.15, 0.2) is 109 Å². The summed E-state index contributed by atoms with van der Waals surface area (Å²) in [5, 5.41) is 36.1. The average Bonchev–Trinajstić information content (AvgIpc) is 2.99. The van der Waals surface area contributed by atoms with Gasteiger partial charge >= 0.3 is 0 Å². The first kappa shape index (κ1) is 25.0. The molecule has 1 aliphatic rings. The molecule has 0 spiro atoms. The highest BCUT2D eigenvalue weighted by Gasteiger charge is 2.16. The van der Waals surface area contributed by atoms with E-state index in [-0.39, 0.29) is 21.2 Å². The number of nitrogens with zero attached hydrogens (tertiary/aromatic N) is 2. The van der Waals surface area contributed by atoms with Crippen LogP contribution < -0.4 is 16.0 Å². The number of hydrogen-bond acceptors (Lipinski definition) is 7. The van der Waals surface area contributed by atoms with Crippen LogP contribution in [0.3, 0.4) is 0 Å². The molecule has 42 heavy (non-hydrogen) atoms. The smallest absolute Gasteiger partial charge is 0.270 e. The van der Waals surface area contributed by atoms with Gasteiger partial charge in [0.15, 0.2) is 0 Å². The molecule has 0 saturated heterocycles. The molecular weight excluding hydrogens is 530 g/mol. The Labute approximate surface area is 239 Å². The summed E-state index contributed by atoms with van der Waals surface area (Å²) in [7, 11) is 0. The van der Waals surface area contributed by atoms with Gasteiger partial charge in [0.2, 0.25) is 0 Å². The van der Waals surface area contributed by atoms with Gasteiger partial charge in [0.05, 0.1) is 9.85 Å². The van der Waals surface area contributed by atoms with Crippen molar-refractivity contribution >= 4 is 67.0 Å². The van der Waals surface area contributed by atoms with E-state index in [1.165, 1.54) is 23.3 Å². The largest absolute Gasteiger partial charge is 0.355 e. The minimum Gasteiger partial charge on any atom is -0.355 e. The molecular formula is C33H23N5O4. The lowest BCUT2D eigenvalue weighted by atomic mass is 9.96. The molecule has 7 rings (SSSR count). The number of benzene rings is 6. The van der Waals surface area contributed by atoms with E-state index in [0.717, 1.165) is 62.1 Å². The summed E-state index contributed by atoms with van der Waals surface area (Å²) in [4.78, 5) is 21.4. The van der Waals surface area contributed by atoms with Crippen LogP contribution in [-0.2, 0) is 6.42 Å². The van der Waals surface area contributed by atoms with E-state index in [1.807, 2.05) is 48.5 Å². The number of nitrogens with one attached hydrogen (secondary N) is 3. The van der Waals surface area contributed by atoms with E-state index >= 15 is 0 Å². The molecule has 0 saturated carbocycles. The Morgan fingerprint density at radius 2 is 0.976 bits per heavy atom. The summed E-state index contributed by atoms with van der Waals surface area (Å²) in [5.74, 6) is 0. The highest BCUT2D eigenvalue weighted by Crippen LogP contribution is 2.37. The Balaban J connectivity index is 1.07. The van der Waals surface area contributed by atoms with Gasteiger partial charge in [-0.3, -0.25) is 20.2 Å². The normalized spacial score (nSPS) is 11.8. The van der Waals surface area contributed by atoms with Gasteiger partial charge in [0.1, 0.15) is 0 Å². The molecule has 0 radical (unpaired) electrons. The zero-order chi connectivity index (χ0) is 28.8. The van der Waals surface area contributed by atoms with Crippen molar-refractivity contribution < 1.29 is 9.85 Å². The molecule has 0 atom stereocenters. The second kappa shape index (κ2) is 9.90. The molecule has 0 fully saturated rings. The summed E-state index contributed by atoms with van der Waals surface area (Å²) in [6, 6.07) is 33.8. The van der Waals surface area contributed by atoms with E-state index in [0.29, 0.717) is 0 Å². The number of nitro groups is 2. The highest BCUT2D eigenvalue weighted by molar-refractivity contribution is 5.90. The van der Waals surface area contributed by atoms with Crippen molar-refractivity contribution in [2.45, 2.75) is 6.42 Å². The fourth-order valence-corrected chi connectivity index (χ4v) is 5.40. The van der Waals surface area contributed by atoms with Crippen LogP contribution >= 0.6 is 0 Å².